The summed E-state index contributed by atoms with van der Waals surface area (Å²) in [7, 11) is 0. The summed E-state index contributed by atoms with van der Waals surface area (Å²) in [6, 6.07) is 2.14. The molecule has 0 amide bonds. The number of carbonyl (C=O) groups is 1. The lowest BCUT2D eigenvalue weighted by atomic mass is 10.2. The molecule has 3 rings (SSSR count). The second-order valence-electron chi connectivity index (χ2n) is 4.59. The van der Waals surface area contributed by atoms with Crippen LogP contribution >= 0.6 is 0 Å². The highest BCUT2D eigenvalue weighted by Gasteiger charge is 2.29. The Morgan fingerprint density at radius 1 is 1.42 bits per heavy atom. The number of hydrogen-bond donors (Lipinski definition) is 0. The molecule has 19 heavy (non-hydrogen) atoms. The lowest BCUT2D eigenvalue weighted by Gasteiger charge is -1.99. The molecule has 0 N–H and O–H groups in total. The van der Waals surface area contributed by atoms with Crippen LogP contribution in [0.4, 0.5) is 0 Å². The van der Waals surface area contributed by atoms with Crippen LogP contribution in [-0.4, -0.2) is 25.5 Å². The molecule has 1 fully saturated rings. The van der Waals surface area contributed by atoms with E-state index in [0.717, 1.165) is 18.5 Å². The molecule has 1 saturated carbocycles. The van der Waals surface area contributed by atoms with Gasteiger partial charge in [-0.15, -0.1) is 0 Å². The minimum atomic E-state index is -0.0802. The number of nitriles is 1. The standard InChI is InChI=1S/C13H11N5O/c1-8(19)11-5-15-13(16-6-11)18-7-10(4-14)12(17-18)9-2-3-9/h5-7,9H,2-3H2,1H3. The third-order valence-corrected chi connectivity index (χ3v) is 3.08. The van der Waals surface area contributed by atoms with Gasteiger partial charge in [0.1, 0.15) is 6.07 Å². The van der Waals surface area contributed by atoms with Crippen LogP contribution in [0.2, 0.25) is 0 Å². The number of ketones is 1. The molecule has 0 radical (unpaired) electrons. The van der Waals surface area contributed by atoms with E-state index in [1.54, 1.807) is 6.20 Å². The van der Waals surface area contributed by atoms with Crippen molar-refractivity contribution in [1.29, 1.82) is 5.26 Å². The Morgan fingerprint density at radius 3 is 2.63 bits per heavy atom. The van der Waals surface area contributed by atoms with E-state index in [1.807, 2.05) is 0 Å². The van der Waals surface area contributed by atoms with Gasteiger partial charge in [0.05, 0.1) is 23.0 Å². The fraction of sp³-hybridized carbons (Fsp3) is 0.308. The first-order valence-electron chi connectivity index (χ1n) is 6.02. The van der Waals surface area contributed by atoms with Gasteiger partial charge < -0.3 is 0 Å². The molecule has 94 valence electrons. The molecule has 1 aliphatic carbocycles. The maximum atomic E-state index is 11.1. The number of hydrogen-bond acceptors (Lipinski definition) is 5. The van der Waals surface area contributed by atoms with Crippen molar-refractivity contribution in [3.05, 3.63) is 35.4 Å². The van der Waals surface area contributed by atoms with Gasteiger partial charge in [-0.05, 0) is 19.8 Å². The summed E-state index contributed by atoms with van der Waals surface area (Å²) < 4.78 is 1.50. The predicted octanol–water partition coefficient (Wildman–Crippen LogP) is 1.61. The molecule has 0 unspecified atom stereocenters. The average molecular weight is 253 g/mol. The van der Waals surface area contributed by atoms with E-state index >= 15 is 0 Å². The summed E-state index contributed by atoms with van der Waals surface area (Å²) in [6.45, 7) is 1.46. The summed E-state index contributed by atoms with van der Waals surface area (Å²) in [4.78, 5) is 19.3. The molecule has 0 atom stereocenters. The lowest BCUT2D eigenvalue weighted by molar-refractivity contribution is 0.101. The smallest absolute Gasteiger partial charge is 0.250 e. The van der Waals surface area contributed by atoms with Gasteiger partial charge in [0.2, 0.25) is 0 Å². The first kappa shape index (κ1) is 11.5. The zero-order valence-electron chi connectivity index (χ0n) is 10.4. The summed E-state index contributed by atoms with van der Waals surface area (Å²) in [6.07, 6.45) is 6.73. The molecular weight excluding hydrogens is 242 g/mol. The number of aromatic nitrogens is 4. The van der Waals surface area contributed by atoms with Gasteiger partial charge in [-0.1, -0.05) is 0 Å². The van der Waals surface area contributed by atoms with Crippen LogP contribution in [0, 0.1) is 11.3 Å². The largest absolute Gasteiger partial charge is 0.294 e. The van der Waals surface area contributed by atoms with E-state index in [0.29, 0.717) is 23.0 Å². The van der Waals surface area contributed by atoms with Gasteiger partial charge in [-0.3, -0.25) is 4.79 Å². The molecule has 2 aromatic rings. The molecule has 6 nitrogen and oxygen atoms in total. The molecule has 2 aromatic heterocycles. The Hall–Kier alpha value is -2.55. The molecule has 0 aliphatic heterocycles. The average Bonchev–Trinajstić information content (AvgIpc) is 3.18. The van der Waals surface area contributed by atoms with E-state index in [1.165, 1.54) is 24.0 Å². The zero-order chi connectivity index (χ0) is 13.4. The maximum Gasteiger partial charge on any atom is 0.250 e. The summed E-state index contributed by atoms with van der Waals surface area (Å²) in [5.74, 6) is 0.684. The van der Waals surface area contributed by atoms with Crippen molar-refractivity contribution in [3.63, 3.8) is 0 Å². The van der Waals surface area contributed by atoms with Crippen molar-refractivity contribution in [2.75, 3.05) is 0 Å². The number of nitrogens with zero attached hydrogens (tertiary/aromatic N) is 5. The van der Waals surface area contributed by atoms with E-state index in [2.05, 4.69) is 21.1 Å². The number of rotatable bonds is 3. The van der Waals surface area contributed by atoms with Crippen molar-refractivity contribution in [1.82, 2.24) is 19.7 Å². The molecule has 0 aromatic carbocycles. The molecule has 0 bridgehead atoms. The predicted molar refractivity (Wildman–Crippen MR) is 65.8 cm³/mol. The van der Waals surface area contributed by atoms with Crippen molar-refractivity contribution >= 4 is 5.78 Å². The van der Waals surface area contributed by atoms with Crippen LogP contribution in [0.3, 0.4) is 0 Å². The Labute approximate surface area is 109 Å². The first-order chi connectivity index (χ1) is 9.19. The van der Waals surface area contributed by atoms with Crippen molar-refractivity contribution in [2.24, 2.45) is 0 Å². The van der Waals surface area contributed by atoms with Gasteiger partial charge in [0.25, 0.3) is 5.95 Å². The quantitative estimate of drug-likeness (QED) is 0.776. The van der Waals surface area contributed by atoms with E-state index in [-0.39, 0.29) is 5.78 Å². The molecule has 0 saturated heterocycles. The Morgan fingerprint density at radius 2 is 2.11 bits per heavy atom. The van der Waals surface area contributed by atoms with Crippen LogP contribution in [0.15, 0.2) is 18.6 Å². The third-order valence-electron chi connectivity index (χ3n) is 3.08. The molecule has 0 spiro atoms. The molecule has 1 aliphatic rings. The van der Waals surface area contributed by atoms with Crippen molar-refractivity contribution < 1.29 is 4.79 Å². The molecular formula is C13H11N5O. The minimum absolute atomic E-state index is 0.0802. The Bertz CT molecular complexity index is 676. The summed E-state index contributed by atoms with van der Waals surface area (Å²) in [5.41, 5.74) is 1.85. The SMILES string of the molecule is CC(=O)c1cnc(-n2cc(C#N)c(C3CC3)n2)nc1. The Kier molecular flexibility index (Phi) is 2.60. The second kappa shape index (κ2) is 4.28. The highest BCUT2D eigenvalue weighted by molar-refractivity contribution is 5.93. The normalized spacial score (nSPS) is 14.1. The van der Waals surface area contributed by atoms with Crippen LogP contribution in [0.1, 0.15) is 47.3 Å². The fourth-order valence-corrected chi connectivity index (χ4v) is 1.86. The van der Waals surface area contributed by atoms with Crippen LogP contribution in [0.25, 0.3) is 5.95 Å². The zero-order valence-corrected chi connectivity index (χ0v) is 10.4. The highest BCUT2D eigenvalue weighted by atomic mass is 16.1. The fourth-order valence-electron chi connectivity index (χ4n) is 1.86. The monoisotopic (exact) mass is 253 g/mol. The van der Waals surface area contributed by atoms with Gasteiger partial charge >= 0.3 is 0 Å². The van der Waals surface area contributed by atoms with Crippen LogP contribution in [0.5, 0.6) is 0 Å². The summed E-state index contributed by atoms with van der Waals surface area (Å²) in [5, 5.41) is 13.5. The third kappa shape index (κ3) is 2.10. The summed E-state index contributed by atoms with van der Waals surface area (Å²) >= 11 is 0. The molecule has 2 heterocycles. The van der Waals surface area contributed by atoms with E-state index in [9.17, 15) is 4.79 Å². The van der Waals surface area contributed by atoms with Gasteiger partial charge in [-0.25, -0.2) is 14.6 Å². The van der Waals surface area contributed by atoms with Gasteiger partial charge in [-0.2, -0.15) is 10.4 Å². The topological polar surface area (TPSA) is 84.5 Å². The highest BCUT2D eigenvalue weighted by Crippen LogP contribution is 2.40. The van der Waals surface area contributed by atoms with Gasteiger partial charge in [0, 0.05) is 18.3 Å². The van der Waals surface area contributed by atoms with E-state index < -0.39 is 0 Å². The van der Waals surface area contributed by atoms with Crippen molar-refractivity contribution in [3.8, 4) is 12.0 Å². The minimum Gasteiger partial charge on any atom is -0.294 e. The van der Waals surface area contributed by atoms with Gasteiger partial charge in [0.15, 0.2) is 5.78 Å². The maximum absolute atomic E-state index is 11.1. The first-order valence-corrected chi connectivity index (χ1v) is 6.02. The number of carbonyl (C=O) groups excluding carboxylic acids is 1. The van der Waals surface area contributed by atoms with Crippen LogP contribution < -0.4 is 0 Å². The van der Waals surface area contributed by atoms with Crippen LogP contribution in [-0.2, 0) is 0 Å². The Balaban J connectivity index is 1.97. The van der Waals surface area contributed by atoms with Crippen molar-refractivity contribution in [2.45, 2.75) is 25.7 Å². The number of Topliss-reactive ketones (excluding diaryl/α,β-unsaturated/α-hetero) is 1. The lowest BCUT2D eigenvalue weighted by Crippen LogP contribution is -2.04. The second-order valence-corrected chi connectivity index (χ2v) is 4.59. The van der Waals surface area contributed by atoms with E-state index in [4.69, 9.17) is 5.26 Å². The molecule has 6 heteroatoms.